The van der Waals surface area contributed by atoms with Crippen LogP contribution in [0.4, 0.5) is 26.3 Å². The lowest BCUT2D eigenvalue weighted by atomic mass is 9.97. The summed E-state index contributed by atoms with van der Waals surface area (Å²) in [6, 6.07) is 12.7. The molecule has 196 valence electrons. The lowest BCUT2D eigenvalue weighted by Crippen LogP contribution is -2.27. The van der Waals surface area contributed by atoms with Crippen LogP contribution >= 0.6 is 0 Å². The summed E-state index contributed by atoms with van der Waals surface area (Å²) in [5, 5.41) is 0. The molecule has 0 saturated carbocycles. The SMILES string of the molecule is CCC/C(F)=C(\F)c1ccc(-c2ccc(CCC3COC(c4cc(F)c(F)c(F)c4)OC3)c(F)c2)cc1. The minimum atomic E-state index is -1.55. The molecule has 0 radical (unpaired) electrons. The van der Waals surface area contributed by atoms with E-state index in [1.165, 1.54) is 18.2 Å². The van der Waals surface area contributed by atoms with Crippen LogP contribution in [0.3, 0.4) is 0 Å². The summed E-state index contributed by atoms with van der Waals surface area (Å²) in [7, 11) is 0. The van der Waals surface area contributed by atoms with Gasteiger partial charge in [0.2, 0.25) is 0 Å². The molecule has 0 amide bonds. The van der Waals surface area contributed by atoms with Gasteiger partial charge in [0.1, 0.15) is 11.6 Å². The van der Waals surface area contributed by atoms with Crippen molar-refractivity contribution >= 4 is 5.83 Å². The fourth-order valence-electron chi connectivity index (χ4n) is 4.20. The van der Waals surface area contributed by atoms with Crippen molar-refractivity contribution in [1.82, 2.24) is 0 Å². The van der Waals surface area contributed by atoms with Crippen LogP contribution in [-0.4, -0.2) is 13.2 Å². The molecule has 2 nitrogen and oxygen atoms in total. The molecule has 8 heteroatoms. The predicted molar refractivity (Wildman–Crippen MR) is 129 cm³/mol. The van der Waals surface area contributed by atoms with Gasteiger partial charge in [-0.3, -0.25) is 0 Å². The molecule has 0 spiro atoms. The quantitative estimate of drug-likeness (QED) is 0.219. The molecule has 0 aliphatic carbocycles. The molecular weight excluding hydrogens is 494 g/mol. The molecule has 0 N–H and O–H groups in total. The van der Waals surface area contributed by atoms with Crippen molar-refractivity contribution < 1.29 is 35.8 Å². The van der Waals surface area contributed by atoms with E-state index in [4.69, 9.17) is 9.47 Å². The molecule has 1 fully saturated rings. The average molecular weight is 521 g/mol. The monoisotopic (exact) mass is 520 g/mol. The van der Waals surface area contributed by atoms with Crippen molar-refractivity contribution in [3.05, 3.63) is 100 Å². The van der Waals surface area contributed by atoms with Gasteiger partial charge in [-0.05, 0) is 54.2 Å². The van der Waals surface area contributed by atoms with Gasteiger partial charge in [0.15, 0.2) is 29.6 Å². The second kappa shape index (κ2) is 12.0. The lowest BCUT2D eigenvalue weighted by molar-refractivity contribution is -0.206. The first-order valence-electron chi connectivity index (χ1n) is 12.1. The van der Waals surface area contributed by atoms with Crippen molar-refractivity contribution in [3.63, 3.8) is 0 Å². The lowest BCUT2D eigenvalue weighted by Gasteiger charge is -2.29. The Morgan fingerprint density at radius 3 is 2.03 bits per heavy atom. The first-order chi connectivity index (χ1) is 17.8. The van der Waals surface area contributed by atoms with Crippen LogP contribution in [0.2, 0.25) is 0 Å². The van der Waals surface area contributed by atoms with E-state index in [2.05, 4.69) is 0 Å². The summed E-state index contributed by atoms with van der Waals surface area (Å²) in [5.41, 5.74) is 1.97. The van der Waals surface area contributed by atoms with Gasteiger partial charge in [0.25, 0.3) is 0 Å². The van der Waals surface area contributed by atoms with Crippen LogP contribution in [-0.2, 0) is 15.9 Å². The fourth-order valence-corrected chi connectivity index (χ4v) is 4.20. The topological polar surface area (TPSA) is 18.5 Å². The Kier molecular flexibility index (Phi) is 8.71. The Labute approximate surface area is 211 Å². The molecule has 0 bridgehead atoms. The summed E-state index contributed by atoms with van der Waals surface area (Å²) in [6.07, 6.45) is 0.505. The van der Waals surface area contributed by atoms with Crippen LogP contribution in [0.15, 0.2) is 60.4 Å². The Bertz CT molecular complexity index is 1240. The Hall–Kier alpha value is -3.10. The van der Waals surface area contributed by atoms with Crippen molar-refractivity contribution in [2.45, 2.75) is 38.9 Å². The molecule has 37 heavy (non-hydrogen) atoms. The zero-order chi connectivity index (χ0) is 26.5. The fraction of sp³-hybridized carbons (Fsp3) is 0.310. The number of hydrogen-bond acceptors (Lipinski definition) is 2. The maximum atomic E-state index is 14.8. The number of aryl methyl sites for hydroxylation is 1. The maximum Gasteiger partial charge on any atom is 0.194 e. The summed E-state index contributed by atoms with van der Waals surface area (Å²) in [6.45, 7) is 2.24. The highest BCUT2D eigenvalue weighted by Crippen LogP contribution is 2.31. The summed E-state index contributed by atoms with van der Waals surface area (Å²) < 4.78 is 93.9. The standard InChI is InChI=1S/C29H26F6O2/c1-2-3-23(30)27(34)20-9-6-18(7-10-20)21-11-8-19(24(31)12-21)5-4-17-15-36-29(37-16-17)22-13-25(32)28(35)26(33)14-22/h6-14,17,29H,2-5,15-16H2,1H3/b27-23+. The van der Waals surface area contributed by atoms with E-state index in [9.17, 15) is 26.3 Å². The Morgan fingerprint density at radius 2 is 1.43 bits per heavy atom. The molecule has 0 aromatic heterocycles. The number of rotatable bonds is 8. The van der Waals surface area contributed by atoms with E-state index < -0.39 is 41.2 Å². The van der Waals surface area contributed by atoms with Crippen LogP contribution in [0, 0.1) is 29.2 Å². The van der Waals surface area contributed by atoms with Crippen LogP contribution in [0.5, 0.6) is 0 Å². The molecule has 0 atom stereocenters. The van der Waals surface area contributed by atoms with Gasteiger partial charge in [-0.25, -0.2) is 26.3 Å². The molecule has 1 aliphatic heterocycles. The zero-order valence-electron chi connectivity index (χ0n) is 20.2. The molecule has 3 aromatic carbocycles. The number of ether oxygens (including phenoxy) is 2. The predicted octanol–water partition coefficient (Wildman–Crippen LogP) is 8.61. The molecule has 3 aromatic rings. The van der Waals surface area contributed by atoms with Crippen LogP contribution in [0.25, 0.3) is 17.0 Å². The van der Waals surface area contributed by atoms with E-state index in [1.54, 1.807) is 31.2 Å². The van der Waals surface area contributed by atoms with Gasteiger partial charge in [-0.2, -0.15) is 0 Å². The third-order valence-electron chi connectivity index (χ3n) is 6.30. The number of hydrogen-bond donors (Lipinski definition) is 0. The normalized spacial score (nSPS) is 18.6. The first kappa shape index (κ1) is 26.9. The Balaban J connectivity index is 1.33. The van der Waals surface area contributed by atoms with Crippen molar-refractivity contribution in [2.24, 2.45) is 5.92 Å². The molecule has 1 heterocycles. The van der Waals surface area contributed by atoms with Gasteiger partial charge in [-0.1, -0.05) is 43.3 Å². The second-order valence-electron chi connectivity index (χ2n) is 9.05. The second-order valence-corrected chi connectivity index (χ2v) is 9.05. The van der Waals surface area contributed by atoms with Gasteiger partial charge >= 0.3 is 0 Å². The van der Waals surface area contributed by atoms with E-state index in [0.29, 0.717) is 36.0 Å². The largest absolute Gasteiger partial charge is 0.348 e. The van der Waals surface area contributed by atoms with E-state index in [1.807, 2.05) is 0 Å². The molecule has 0 unspecified atom stereocenters. The highest BCUT2D eigenvalue weighted by molar-refractivity contribution is 5.68. The smallest absolute Gasteiger partial charge is 0.194 e. The molecule has 1 aliphatic rings. The first-order valence-corrected chi connectivity index (χ1v) is 12.1. The highest BCUT2D eigenvalue weighted by Gasteiger charge is 2.26. The molecular formula is C29H26F6O2. The Morgan fingerprint density at radius 1 is 0.811 bits per heavy atom. The van der Waals surface area contributed by atoms with E-state index in [0.717, 1.165) is 12.1 Å². The van der Waals surface area contributed by atoms with Crippen molar-refractivity contribution in [2.75, 3.05) is 13.2 Å². The van der Waals surface area contributed by atoms with Gasteiger partial charge in [0, 0.05) is 23.5 Å². The van der Waals surface area contributed by atoms with Crippen molar-refractivity contribution in [1.29, 1.82) is 0 Å². The minimum absolute atomic E-state index is 0.0359. The van der Waals surface area contributed by atoms with Gasteiger partial charge in [-0.15, -0.1) is 0 Å². The van der Waals surface area contributed by atoms with Crippen molar-refractivity contribution in [3.8, 4) is 11.1 Å². The molecule has 4 rings (SSSR count). The number of allylic oxidation sites excluding steroid dienone is 1. The summed E-state index contributed by atoms with van der Waals surface area (Å²) in [4.78, 5) is 0. The van der Waals surface area contributed by atoms with Gasteiger partial charge in [0.05, 0.1) is 13.2 Å². The van der Waals surface area contributed by atoms with E-state index >= 15 is 0 Å². The summed E-state index contributed by atoms with van der Waals surface area (Å²) in [5.74, 6) is -6.30. The maximum absolute atomic E-state index is 14.8. The average Bonchev–Trinajstić information content (AvgIpc) is 2.91. The minimum Gasteiger partial charge on any atom is -0.348 e. The van der Waals surface area contributed by atoms with Gasteiger partial charge < -0.3 is 9.47 Å². The van der Waals surface area contributed by atoms with E-state index in [-0.39, 0.29) is 36.7 Å². The number of benzene rings is 3. The third kappa shape index (κ3) is 6.43. The number of halogens is 6. The zero-order valence-corrected chi connectivity index (χ0v) is 20.2. The van der Waals surface area contributed by atoms with Crippen LogP contribution < -0.4 is 0 Å². The van der Waals surface area contributed by atoms with Crippen LogP contribution in [0.1, 0.15) is 49.2 Å². The highest BCUT2D eigenvalue weighted by atomic mass is 19.2. The molecule has 1 saturated heterocycles. The summed E-state index contributed by atoms with van der Waals surface area (Å²) >= 11 is 0. The third-order valence-corrected chi connectivity index (χ3v) is 6.30.